The molecule has 1 heterocycles. The molecule has 0 saturated heterocycles. The Morgan fingerprint density at radius 3 is 2.52 bits per heavy atom. The van der Waals surface area contributed by atoms with E-state index in [1.54, 1.807) is 18.2 Å². The first kappa shape index (κ1) is 22.9. The normalized spacial score (nSPS) is 25.0. The molecule has 0 aromatic rings. The van der Waals surface area contributed by atoms with Crippen LogP contribution in [0.4, 0.5) is 0 Å². The maximum Gasteiger partial charge on any atom is 0.247 e. The number of rotatable bonds is 6. The second-order valence-corrected chi connectivity index (χ2v) is 7.41. The van der Waals surface area contributed by atoms with Crippen molar-refractivity contribution in [1.82, 2.24) is 21.3 Å². The van der Waals surface area contributed by atoms with Crippen molar-refractivity contribution in [2.24, 2.45) is 11.8 Å². The maximum absolute atomic E-state index is 12.8. The van der Waals surface area contributed by atoms with Gasteiger partial charge in [0.15, 0.2) is 0 Å². The summed E-state index contributed by atoms with van der Waals surface area (Å²) in [6.45, 7) is 10.9. The van der Waals surface area contributed by atoms with Crippen LogP contribution < -0.4 is 21.3 Å². The molecule has 0 radical (unpaired) electrons. The molecule has 0 bridgehead atoms. The average Bonchev–Trinajstić information content (AvgIpc) is 2.59. The first-order valence-corrected chi connectivity index (χ1v) is 9.73. The zero-order valence-electron chi connectivity index (χ0n) is 17.0. The van der Waals surface area contributed by atoms with E-state index in [1.807, 2.05) is 34.6 Å². The fourth-order valence-electron chi connectivity index (χ4n) is 2.75. The highest BCUT2D eigenvalue weighted by atomic mass is 16.2. The number of hydrogen-bond donors (Lipinski definition) is 4. The van der Waals surface area contributed by atoms with Gasteiger partial charge in [-0.25, -0.2) is 0 Å². The fraction of sp³-hybridized carbons (Fsp3) is 0.650. The van der Waals surface area contributed by atoms with Crippen molar-refractivity contribution in [3.63, 3.8) is 0 Å². The van der Waals surface area contributed by atoms with E-state index in [1.165, 1.54) is 6.08 Å². The zero-order chi connectivity index (χ0) is 20.4. The SMILES string of the molecule is CCN[C@H](C(=O)N[C@H]1/C=C/CCNC(=O)/C=C/[C@H](C(C)C)NC1=O)C(C)C. The number of amides is 3. The van der Waals surface area contributed by atoms with Crippen LogP contribution in [0.1, 0.15) is 41.0 Å². The molecule has 27 heavy (non-hydrogen) atoms. The second-order valence-electron chi connectivity index (χ2n) is 7.41. The molecular weight excluding hydrogens is 344 g/mol. The highest BCUT2D eigenvalue weighted by Crippen LogP contribution is 2.06. The number of likely N-dealkylation sites (N-methyl/N-ethyl adjacent to an activating group) is 1. The first-order chi connectivity index (χ1) is 12.8. The summed E-state index contributed by atoms with van der Waals surface area (Å²) in [7, 11) is 0. The minimum absolute atomic E-state index is 0.102. The van der Waals surface area contributed by atoms with Gasteiger partial charge in [-0.05, 0) is 24.8 Å². The smallest absolute Gasteiger partial charge is 0.247 e. The van der Waals surface area contributed by atoms with Gasteiger partial charge >= 0.3 is 0 Å². The van der Waals surface area contributed by atoms with Crippen LogP contribution in [0.25, 0.3) is 0 Å². The molecule has 0 fully saturated rings. The summed E-state index contributed by atoms with van der Waals surface area (Å²) >= 11 is 0. The third-order valence-electron chi connectivity index (χ3n) is 4.37. The van der Waals surface area contributed by atoms with Crippen LogP contribution in [0.5, 0.6) is 0 Å². The van der Waals surface area contributed by atoms with Gasteiger partial charge in [0.2, 0.25) is 17.7 Å². The summed E-state index contributed by atoms with van der Waals surface area (Å²) in [5, 5.41) is 11.7. The Morgan fingerprint density at radius 2 is 1.93 bits per heavy atom. The Labute approximate surface area is 162 Å². The topological polar surface area (TPSA) is 99.3 Å². The molecule has 0 spiro atoms. The third kappa shape index (κ3) is 7.95. The van der Waals surface area contributed by atoms with Crippen molar-refractivity contribution in [3.8, 4) is 0 Å². The van der Waals surface area contributed by atoms with Gasteiger partial charge in [0, 0.05) is 18.7 Å². The van der Waals surface area contributed by atoms with Gasteiger partial charge in [-0.2, -0.15) is 0 Å². The molecule has 1 aliphatic heterocycles. The molecule has 1 rings (SSSR count). The molecule has 152 valence electrons. The van der Waals surface area contributed by atoms with Crippen molar-refractivity contribution in [2.45, 2.75) is 59.2 Å². The van der Waals surface area contributed by atoms with Gasteiger partial charge in [-0.3, -0.25) is 14.4 Å². The highest BCUT2D eigenvalue weighted by Gasteiger charge is 2.27. The minimum Gasteiger partial charge on any atom is -0.352 e. The molecule has 7 heteroatoms. The van der Waals surface area contributed by atoms with Gasteiger partial charge < -0.3 is 21.3 Å². The van der Waals surface area contributed by atoms with Crippen molar-refractivity contribution in [3.05, 3.63) is 24.3 Å². The number of nitrogens with one attached hydrogen (secondary N) is 4. The number of hydrogen-bond acceptors (Lipinski definition) is 4. The van der Waals surface area contributed by atoms with E-state index in [2.05, 4.69) is 21.3 Å². The van der Waals surface area contributed by atoms with E-state index in [9.17, 15) is 14.4 Å². The molecule has 4 N–H and O–H groups in total. The summed E-state index contributed by atoms with van der Waals surface area (Å²) in [6.07, 6.45) is 7.21. The number of carbonyl (C=O) groups is 3. The van der Waals surface area contributed by atoms with Crippen molar-refractivity contribution in [1.29, 1.82) is 0 Å². The lowest BCUT2D eigenvalue weighted by Crippen LogP contribution is -2.55. The van der Waals surface area contributed by atoms with Crippen LogP contribution in [-0.2, 0) is 14.4 Å². The standard InChI is InChI=1S/C20H34N4O3/c1-6-21-18(14(4)5)20(27)24-16-9-7-8-12-22-17(25)11-10-15(13(2)3)23-19(16)26/h7,9-11,13-16,18,21H,6,8,12H2,1-5H3,(H,22,25)(H,23,26)(H,24,27)/b9-7+,11-10+/t15-,16+,18+/m1/s1. The van der Waals surface area contributed by atoms with Crippen LogP contribution in [0.2, 0.25) is 0 Å². The predicted octanol–water partition coefficient (Wildman–Crippen LogP) is 0.878. The lowest BCUT2D eigenvalue weighted by molar-refractivity contribution is -0.129. The average molecular weight is 379 g/mol. The van der Waals surface area contributed by atoms with E-state index in [0.717, 1.165) is 0 Å². The minimum atomic E-state index is -0.762. The molecule has 3 amide bonds. The Hall–Kier alpha value is -2.15. The van der Waals surface area contributed by atoms with Crippen LogP contribution in [-0.4, -0.2) is 48.9 Å². The quantitative estimate of drug-likeness (QED) is 0.516. The van der Waals surface area contributed by atoms with Gasteiger partial charge in [-0.1, -0.05) is 52.8 Å². The molecule has 0 aliphatic carbocycles. The lowest BCUT2D eigenvalue weighted by atomic mass is 10.0. The van der Waals surface area contributed by atoms with Gasteiger partial charge in [0.1, 0.15) is 6.04 Å². The first-order valence-electron chi connectivity index (χ1n) is 9.73. The Kier molecular flexibility index (Phi) is 9.78. The van der Waals surface area contributed by atoms with Gasteiger partial charge in [-0.15, -0.1) is 0 Å². The molecule has 0 unspecified atom stereocenters. The second kappa shape index (κ2) is 11.5. The zero-order valence-corrected chi connectivity index (χ0v) is 17.0. The van der Waals surface area contributed by atoms with E-state index in [0.29, 0.717) is 19.5 Å². The summed E-state index contributed by atoms with van der Waals surface area (Å²) in [6, 6.07) is -1.43. The molecule has 1 aliphatic rings. The number of carbonyl (C=O) groups excluding carboxylic acids is 3. The summed E-state index contributed by atoms with van der Waals surface area (Å²) in [4.78, 5) is 37.2. The van der Waals surface area contributed by atoms with Crippen LogP contribution >= 0.6 is 0 Å². The predicted molar refractivity (Wildman–Crippen MR) is 107 cm³/mol. The highest BCUT2D eigenvalue weighted by molar-refractivity contribution is 5.92. The maximum atomic E-state index is 12.8. The van der Waals surface area contributed by atoms with E-state index in [-0.39, 0.29) is 41.6 Å². The molecule has 0 saturated carbocycles. The fourth-order valence-corrected chi connectivity index (χ4v) is 2.75. The summed E-state index contributed by atoms with van der Waals surface area (Å²) in [5.41, 5.74) is 0. The molecular formula is C20H34N4O3. The summed E-state index contributed by atoms with van der Waals surface area (Å²) in [5.74, 6) is -0.466. The monoisotopic (exact) mass is 378 g/mol. The van der Waals surface area contributed by atoms with E-state index in [4.69, 9.17) is 0 Å². The third-order valence-corrected chi connectivity index (χ3v) is 4.37. The Bertz CT molecular complexity index is 570. The van der Waals surface area contributed by atoms with Gasteiger partial charge in [0.05, 0.1) is 6.04 Å². The Balaban J connectivity index is 2.98. The largest absolute Gasteiger partial charge is 0.352 e. The molecule has 0 aromatic carbocycles. The van der Waals surface area contributed by atoms with Gasteiger partial charge in [0.25, 0.3) is 0 Å². The van der Waals surface area contributed by atoms with E-state index >= 15 is 0 Å². The van der Waals surface area contributed by atoms with Crippen molar-refractivity contribution >= 4 is 17.7 Å². The van der Waals surface area contributed by atoms with Crippen LogP contribution in [0.3, 0.4) is 0 Å². The molecule has 3 atom stereocenters. The summed E-state index contributed by atoms with van der Waals surface area (Å²) < 4.78 is 0. The van der Waals surface area contributed by atoms with Crippen LogP contribution in [0.15, 0.2) is 24.3 Å². The van der Waals surface area contributed by atoms with Crippen molar-refractivity contribution in [2.75, 3.05) is 13.1 Å². The van der Waals surface area contributed by atoms with E-state index < -0.39 is 6.04 Å². The van der Waals surface area contributed by atoms with Crippen molar-refractivity contribution < 1.29 is 14.4 Å². The Morgan fingerprint density at radius 1 is 1.22 bits per heavy atom. The molecule has 7 nitrogen and oxygen atoms in total. The molecule has 0 aromatic heterocycles. The van der Waals surface area contributed by atoms with Crippen LogP contribution in [0, 0.1) is 11.8 Å². The lowest BCUT2D eigenvalue weighted by Gasteiger charge is -2.26.